The predicted molar refractivity (Wildman–Crippen MR) is 32.1 cm³/mol. The van der Waals surface area contributed by atoms with E-state index in [0.717, 1.165) is 0 Å². The molecule has 0 aliphatic carbocycles. The zero-order valence-electron chi connectivity index (χ0n) is 4.95. The van der Waals surface area contributed by atoms with Crippen molar-refractivity contribution in [2.45, 2.75) is 13.4 Å². The molecule has 2 nitrogen and oxygen atoms in total. The van der Waals surface area contributed by atoms with Gasteiger partial charge in [-0.05, 0) is 0 Å². The van der Waals surface area contributed by atoms with Gasteiger partial charge in [-0.2, -0.15) is 0 Å². The molecule has 0 fully saturated rings. The molecule has 0 aromatic carbocycles. The molecule has 0 aromatic heterocycles. The van der Waals surface area contributed by atoms with E-state index in [1.165, 1.54) is 0 Å². The quantitative estimate of drug-likeness (QED) is 0.443. The standard InChI is InChI=1S/CHN2.3CH3.Pb/c2-1-3;;;;/h2H;3*1H3;/q-1;;;;+1. The molecular weight excluding hydrogens is 283 g/mol. The van der Waals surface area contributed by atoms with Crippen molar-refractivity contribution < 1.29 is 0 Å². The van der Waals surface area contributed by atoms with Gasteiger partial charge in [0.2, 0.25) is 0 Å². The summed E-state index contributed by atoms with van der Waals surface area (Å²) in [5, 5.41) is 8.10. The number of hydrogen-bond acceptors (Lipinski definition) is 2. The van der Waals surface area contributed by atoms with Gasteiger partial charge in [0.25, 0.3) is 0 Å². The summed E-state index contributed by atoms with van der Waals surface area (Å²) in [6.45, 7) is 0. The maximum absolute atomic E-state index is 8.10. The number of nitrogens with zero attached hydrogens (tertiary/aromatic N) is 1. The van der Waals surface area contributed by atoms with Crippen molar-refractivity contribution in [3.63, 3.8) is 0 Å². The van der Waals surface area contributed by atoms with Gasteiger partial charge < -0.3 is 0 Å². The predicted octanol–water partition coefficient (Wildman–Crippen LogP) is 0.892. The summed E-state index contributed by atoms with van der Waals surface area (Å²) in [6.07, 6.45) is 1.96. The van der Waals surface area contributed by atoms with Gasteiger partial charge in [-0.1, -0.05) is 0 Å². The van der Waals surface area contributed by atoms with Crippen molar-refractivity contribution in [1.82, 2.24) is 3.13 Å². The number of rotatable bonds is 1. The Bertz CT molecular complexity index is 86.8. The van der Waals surface area contributed by atoms with Crippen LogP contribution in [0.1, 0.15) is 0 Å². The molecule has 0 aliphatic heterocycles. The van der Waals surface area contributed by atoms with Gasteiger partial charge in [0.05, 0.1) is 0 Å². The van der Waals surface area contributed by atoms with Gasteiger partial charge in [-0.15, -0.1) is 0 Å². The van der Waals surface area contributed by atoms with Crippen LogP contribution in [0.2, 0.25) is 13.4 Å². The number of nitriles is 1. The molecule has 0 rings (SSSR count). The molecule has 0 saturated carbocycles. The average Bonchev–Trinajstić information content (AvgIpc) is 1.30. The second kappa shape index (κ2) is 2.50. The molecule has 40 valence electrons. The van der Waals surface area contributed by atoms with Crippen LogP contribution in [0.3, 0.4) is 0 Å². The Morgan fingerprint density at radius 3 is 1.86 bits per heavy atom. The molecule has 0 aromatic rings. The molecular formula is C4H10N2Pb. The van der Waals surface area contributed by atoms with E-state index in [1.54, 1.807) is 0 Å². The van der Waals surface area contributed by atoms with Crippen LogP contribution in [0, 0.1) is 11.5 Å². The number of nitrogens with one attached hydrogen (secondary N) is 1. The van der Waals surface area contributed by atoms with Crippen molar-refractivity contribution >= 4 is 21.5 Å². The van der Waals surface area contributed by atoms with Crippen molar-refractivity contribution in [2.75, 3.05) is 0 Å². The molecule has 0 atom stereocenters. The van der Waals surface area contributed by atoms with E-state index < -0.39 is 21.5 Å². The third kappa shape index (κ3) is 6.21. The molecule has 0 saturated heterocycles. The summed E-state index contributed by atoms with van der Waals surface area (Å²) in [4.78, 5) is 0. The molecule has 1 N–H and O–H groups in total. The van der Waals surface area contributed by atoms with Crippen LogP contribution >= 0.6 is 0 Å². The molecule has 0 unspecified atom stereocenters. The number of hydrogen-bond donors (Lipinski definition) is 1. The zero-order valence-corrected chi connectivity index (χ0v) is 8.83. The molecule has 3 heteroatoms. The van der Waals surface area contributed by atoms with Crippen LogP contribution in [0.25, 0.3) is 0 Å². The third-order valence-electron chi connectivity index (χ3n) is 0.431. The monoisotopic (exact) mass is 294 g/mol. The summed E-state index contributed by atoms with van der Waals surface area (Å²) < 4.78 is 9.30. The average molecular weight is 293 g/mol. The Labute approximate surface area is 49.6 Å². The molecule has 0 bridgehead atoms. The Morgan fingerprint density at radius 1 is 1.43 bits per heavy atom. The molecule has 7 heavy (non-hydrogen) atoms. The van der Waals surface area contributed by atoms with Gasteiger partial charge >= 0.3 is 49.5 Å². The first kappa shape index (κ1) is 7.21. The van der Waals surface area contributed by atoms with E-state index in [0.29, 0.717) is 0 Å². The molecule has 0 amide bonds. The van der Waals surface area contributed by atoms with E-state index in [-0.39, 0.29) is 0 Å². The van der Waals surface area contributed by atoms with Gasteiger partial charge in [0.1, 0.15) is 0 Å². The molecule has 0 spiro atoms. The van der Waals surface area contributed by atoms with E-state index >= 15 is 0 Å². The fourth-order valence-electron chi connectivity index (χ4n) is 0.168. The Balaban J connectivity index is 3.40. The Morgan fingerprint density at radius 2 is 1.86 bits per heavy atom. The maximum atomic E-state index is 8.10. The summed E-state index contributed by atoms with van der Waals surface area (Å²) in [6, 6.07) is 0. The van der Waals surface area contributed by atoms with Crippen molar-refractivity contribution in [3.05, 3.63) is 0 Å². The fraction of sp³-hybridized carbons (Fsp3) is 0.750. The van der Waals surface area contributed by atoms with E-state index in [9.17, 15) is 0 Å². The first-order valence-electron chi connectivity index (χ1n) is 2.22. The Kier molecular flexibility index (Phi) is 2.58. The minimum absolute atomic E-state index is 1.96. The fourth-order valence-corrected chi connectivity index (χ4v) is 1.47. The first-order chi connectivity index (χ1) is 3.06. The van der Waals surface area contributed by atoms with Crippen LogP contribution in [0.5, 0.6) is 0 Å². The van der Waals surface area contributed by atoms with Crippen LogP contribution in [0.4, 0.5) is 0 Å². The van der Waals surface area contributed by atoms with Crippen molar-refractivity contribution in [3.8, 4) is 6.19 Å². The van der Waals surface area contributed by atoms with Crippen LogP contribution < -0.4 is 3.13 Å². The molecule has 0 radical (unpaired) electrons. The first-order valence-corrected chi connectivity index (χ1v) is 15.8. The van der Waals surface area contributed by atoms with Crippen molar-refractivity contribution in [1.29, 1.82) is 5.26 Å². The third-order valence-corrected chi connectivity index (χ3v) is 3.78. The van der Waals surface area contributed by atoms with E-state index in [1.807, 2.05) is 6.19 Å². The van der Waals surface area contributed by atoms with Gasteiger partial charge in [-0.3, -0.25) is 0 Å². The van der Waals surface area contributed by atoms with E-state index in [4.69, 9.17) is 5.26 Å². The van der Waals surface area contributed by atoms with E-state index in [2.05, 4.69) is 16.6 Å². The second-order valence-corrected chi connectivity index (χ2v) is 21.0. The summed E-state index contributed by atoms with van der Waals surface area (Å²) in [5.74, 6) is 0. The summed E-state index contributed by atoms with van der Waals surface area (Å²) in [7, 11) is 0. The molecule has 0 aliphatic rings. The summed E-state index contributed by atoms with van der Waals surface area (Å²) >= 11 is -1.99. The minimum atomic E-state index is -1.99. The Hall–Kier alpha value is 0.212. The second-order valence-electron chi connectivity index (χ2n) is 2.49. The normalized spacial score (nSPS) is 10.0. The van der Waals surface area contributed by atoms with Gasteiger partial charge in [0, 0.05) is 0 Å². The van der Waals surface area contributed by atoms with Crippen LogP contribution in [0.15, 0.2) is 0 Å². The van der Waals surface area contributed by atoms with Crippen molar-refractivity contribution in [2.24, 2.45) is 0 Å². The summed E-state index contributed by atoms with van der Waals surface area (Å²) in [5.41, 5.74) is 0. The van der Waals surface area contributed by atoms with Crippen LogP contribution in [-0.4, -0.2) is 21.5 Å². The SMILES string of the molecule is [CH3][Pb]([CH3])([CH3])[NH]C#N. The topological polar surface area (TPSA) is 35.8 Å². The van der Waals surface area contributed by atoms with Gasteiger partial charge in [-0.25, -0.2) is 0 Å². The zero-order chi connectivity index (χ0) is 5.91. The van der Waals surface area contributed by atoms with Crippen LogP contribution in [-0.2, 0) is 0 Å². The van der Waals surface area contributed by atoms with Gasteiger partial charge in [0.15, 0.2) is 0 Å². The molecule has 0 heterocycles.